The number of para-hydroxylation sites is 4. The third-order valence-electron chi connectivity index (χ3n) is 17.8. The predicted molar refractivity (Wildman–Crippen MR) is 314 cm³/mol. The Morgan fingerprint density at radius 1 is 0.384 bits per heavy atom. The zero-order valence-corrected chi connectivity index (χ0v) is 44.5. The summed E-state index contributed by atoms with van der Waals surface area (Å²) in [7, 11) is -2.95. The van der Waals surface area contributed by atoms with E-state index in [0.29, 0.717) is 0 Å². The Hall–Kier alpha value is -7.34. The number of hydrogen-bond acceptors (Lipinski definition) is 3. The van der Waals surface area contributed by atoms with E-state index in [2.05, 4.69) is 276 Å². The van der Waals surface area contributed by atoms with Crippen molar-refractivity contribution in [1.82, 2.24) is 0 Å². The molecule has 0 amide bonds. The molecule has 3 heterocycles. The van der Waals surface area contributed by atoms with Crippen LogP contribution in [0.5, 0.6) is 0 Å². The van der Waals surface area contributed by atoms with Crippen molar-refractivity contribution in [2.75, 3.05) is 14.7 Å². The summed E-state index contributed by atoms with van der Waals surface area (Å²) >= 11 is 0. The summed E-state index contributed by atoms with van der Waals surface area (Å²) in [6, 6.07) is 79.7. The van der Waals surface area contributed by atoms with Gasteiger partial charge in [0.15, 0.2) is 8.07 Å². The Kier molecular flexibility index (Phi) is 9.33. The van der Waals surface area contributed by atoms with Gasteiger partial charge in [0.05, 0.1) is 5.69 Å². The second kappa shape index (κ2) is 15.4. The first-order valence-electron chi connectivity index (χ1n) is 26.6. The minimum atomic E-state index is -2.95. The number of rotatable bonds is 6. The Morgan fingerprint density at radius 3 is 1.48 bits per heavy atom. The fraction of sp³-hybridized carbons (Fsp3) is 0.206. The Bertz CT molecular complexity index is 3630. The molecule has 3 aliphatic heterocycles. The van der Waals surface area contributed by atoms with Gasteiger partial charge in [0.25, 0.3) is 6.71 Å². The van der Waals surface area contributed by atoms with E-state index in [1.54, 1.807) is 0 Å². The van der Waals surface area contributed by atoms with E-state index in [1.807, 2.05) is 0 Å². The van der Waals surface area contributed by atoms with Gasteiger partial charge in [0.1, 0.15) is 0 Å². The van der Waals surface area contributed by atoms with Gasteiger partial charge in [-0.15, -0.1) is 0 Å². The predicted octanol–water partition coefficient (Wildman–Crippen LogP) is 12.8. The standard InChI is InChI=1S/C68H62BN3Si/c1-65(2)43-66(3,4)52-38-47(36-37-51(52)65)71-58-42-54-53(67(5,6)44-68(54,7)8)41-56(58)69-55-32-23-35-62-64(55)72(57-33-21-22-34-61(57)73(62,49-28-17-11-18-29-49)50-30-19-12-20-31-50)60-40-48(39-59(71)63(60)69)70(45-24-13-9-14-25-45)46-26-15-10-16-27-46/h9-42H,43-44H2,1-8H3. The van der Waals surface area contributed by atoms with Crippen LogP contribution in [-0.2, 0) is 21.7 Å². The minimum Gasteiger partial charge on any atom is -0.312 e. The van der Waals surface area contributed by atoms with Gasteiger partial charge in [0.2, 0.25) is 0 Å². The third kappa shape index (κ3) is 6.18. The monoisotopic (exact) mass is 959 g/mol. The molecule has 9 aromatic carbocycles. The lowest BCUT2D eigenvalue weighted by molar-refractivity contribution is 0.403. The number of hydrogen-bond donors (Lipinski definition) is 0. The Morgan fingerprint density at radius 2 is 0.877 bits per heavy atom. The largest absolute Gasteiger partial charge is 0.312 e. The molecule has 3 nitrogen and oxygen atoms in total. The topological polar surface area (TPSA) is 9.72 Å². The Labute approximate surface area is 433 Å². The van der Waals surface area contributed by atoms with Crippen LogP contribution in [0.4, 0.5) is 51.2 Å². The van der Waals surface area contributed by atoms with Crippen molar-refractivity contribution in [2.45, 2.75) is 89.9 Å². The van der Waals surface area contributed by atoms with Crippen LogP contribution >= 0.6 is 0 Å². The van der Waals surface area contributed by atoms with E-state index < -0.39 is 8.07 Å². The molecule has 0 spiro atoms. The highest BCUT2D eigenvalue weighted by molar-refractivity contribution is 7.22. The van der Waals surface area contributed by atoms with Crippen LogP contribution in [0, 0.1) is 0 Å². The number of nitrogens with zero attached hydrogens (tertiary/aromatic N) is 3. The van der Waals surface area contributed by atoms with Crippen molar-refractivity contribution in [1.29, 1.82) is 0 Å². The van der Waals surface area contributed by atoms with Crippen LogP contribution < -0.4 is 51.8 Å². The highest BCUT2D eigenvalue weighted by Crippen LogP contribution is 2.56. The number of anilines is 9. The molecule has 0 saturated heterocycles. The Balaban J connectivity index is 1.15. The van der Waals surface area contributed by atoms with Crippen LogP contribution in [0.3, 0.4) is 0 Å². The molecule has 0 aromatic heterocycles. The molecule has 0 fully saturated rings. The minimum absolute atomic E-state index is 0.00371. The van der Waals surface area contributed by atoms with Crippen LogP contribution in [-0.4, -0.2) is 14.8 Å². The highest BCUT2D eigenvalue weighted by atomic mass is 28.3. The van der Waals surface area contributed by atoms with E-state index in [-0.39, 0.29) is 28.4 Å². The summed E-state index contributed by atoms with van der Waals surface area (Å²) < 4.78 is 0. The van der Waals surface area contributed by atoms with Crippen LogP contribution in [0.15, 0.2) is 206 Å². The fourth-order valence-corrected chi connectivity index (χ4v) is 20.6. The fourth-order valence-electron chi connectivity index (χ4n) is 15.5. The smallest absolute Gasteiger partial charge is 0.252 e. The van der Waals surface area contributed by atoms with Crippen molar-refractivity contribution >= 4 is 103 Å². The first kappa shape index (κ1) is 44.4. The van der Waals surface area contributed by atoms with Crippen LogP contribution in [0.1, 0.15) is 90.5 Å². The summed E-state index contributed by atoms with van der Waals surface area (Å²) in [5.74, 6) is 0. The normalized spacial score (nSPS) is 17.9. The number of benzene rings is 9. The molecule has 0 unspecified atom stereocenters. The first-order valence-corrected chi connectivity index (χ1v) is 28.6. The molecule has 14 rings (SSSR count). The highest BCUT2D eigenvalue weighted by Gasteiger charge is 2.55. The van der Waals surface area contributed by atoms with Crippen LogP contribution in [0.25, 0.3) is 0 Å². The van der Waals surface area contributed by atoms with Gasteiger partial charge in [0, 0.05) is 45.5 Å². The van der Waals surface area contributed by atoms with Gasteiger partial charge in [-0.05, 0) is 155 Å². The van der Waals surface area contributed by atoms with Crippen molar-refractivity contribution in [3.63, 3.8) is 0 Å². The van der Waals surface area contributed by atoms with Gasteiger partial charge in [-0.25, -0.2) is 0 Å². The summed E-state index contributed by atoms with van der Waals surface area (Å²) in [6.07, 6.45) is 2.22. The quantitative estimate of drug-likeness (QED) is 0.154. The molecule has 73 heavy (non-hydrogen) atoms. The molecule has 0 N–H and O–H groups in total. The molecular formula is C68H62BN3Si. The molecule has 0 atom stereocenters. The molecule has 5 heteroatoms. The average molecular weight is 960 g/mol. The second-order valence-electron chi connectivity index (χ2n) is 24.3. The van der Waals surface area contributed by atoms with Crippen molar-refractivity contribution in [2.24, 2.45) is 0 Å². The van der Waals surface area contributed by atoms with Gasteiger partial charge < -0.3 is 14.7 Å². The van der Waals surface area contributed by atoms with E-state index in [4.69, 9.17) is 0 Å². The van der Waals surface area contributed by atoms with Gasteiger partial charge >= 0.3 is 0 Å². The molecule has 356 valence electrons. The molecule has 0 bridgehead atoms. The lowest BCUT2D eigenvalue weighted by Crippen LogP contribution is -2.79. The van der Waals surface area contributed by atoms with Crippen molar-refractivity contribution in [3.8, 4) is 0 Å². The van der Waals surface area contributed by atoms with Crippen LogP contribution in [0.2, 0.25) is 0 Å². The second-order valence-corrected chi connectivity index (χ2v) is 28.1. The van der Waals surface area contributed by atoms with Crippen molar-refractivity contribution in [3.05, 3.63) is 229 Å². The van der Waals surface area contributed by atoms with Gasteiger partial charge in [-0.2, -0.15) is 0 Å². The van der Waals surface area contributed by atoms with E-state index >= 15 is 0 Å². The third-order valence-corrected chi connectivity index (χ3v) is 22.7. The molecular weight excluding hydrogens is 898 g/mol. The number of fused-ring (bicyclic) bond motifs is 8. The van der Waals surface area contributed by atoms with Crippen molar-refractivity contribution < 1.29 is 0 Å². The molecule has 2 aliphatic carbocycles. The SMILES string of the molecule is CC1(C)CC(C)(C)c2cc(N3c4cc5c(cc4B4c6cccc7c6N(c6ccccc6[Si]7(c6ccccc6)c6ccccc6)c6cc(N(c7ccccc7)c7ccccc7)cc3c64)C(C)(C)CC5(C)C)ccc21. The summed E-state index contributed by atoms with van der Waals surface area (Å²) in [6.45, 7) is 19.7. The molecule has 0 saturated carbocycles. The molecule has 5 aliphatic rings. The first-order chi connectivity index (χ1) is 35.2. The molecule has 9 aromatic rings. The summed E-state index contributed by atoms with van der Waals surface area (Å²) in [5.41, 5.74) is 21.1. The summed E-state index contributed by atoms with van der Waals surface area (Å²) in [5, 5.41) is 5.66. The maximum Gasteiger partial charge on any atom is 0.252 e. The van der Waals surface area contributed by atoms with E-state index in [9.17, 15) is 0 Å². The van der Waals surface area contributed by atoms with E-state index in [0.717, 1.165) is 29.9 Å². The zero-order valence-electron chi connectivity index (χ0n) is 43.5. The van der Waals surface area contributed by atoms with Gasteiger partial charge in [-0.1, -0.05) is 201 Å². The lowest BCUT2D eigenvalue weighted by Gasteiger charge is -2.51. The van der Waals surface area contributed by atoms with E-state index in [1.165, 1.54) is 93.5 Å². The maximum atomic E-state index is 2.71. The van der Waals surface area contributed by atoms with Gasteiger partial charge in [-0.3, -0.25) is 0 Å². The lowest BCUT2D eigenvalue weighted by atomic mass is 9.33. The molecule has 0 radical (unpaired) electrons. The summed E-state index contributed by atoms with van der Waals surface area (Å²) in [4.78, 5) is 7.89. The zero-order chi connectivity index (χ0) is 49.8. The maximum absolute atomic E-state index is 2.95. The average Bonchev–Trinajstić information content (AvgIpc) is 3.71.